The summed E-state index contributed by atoms with van der Waals surface area (Å²) in [6.07, 6.45) is 1.93. The van der Waals surface area contributed by atoms with Crippen molar-refractivity contribution in [3.8, 4) is 17.0 Å². The molecule has 0 saturated carbocycles. The van der Waals surface area contributed by atoms with E-state index in [0.717, 1.165) is 16.8 Å². The minimum absolute atomic E-state index is 0.0924. The largest absolute Gasteiger partial charge is 0.507 e. The first-order valence-corrected chi connectivity index (χ1v) is 10.5. The molecule has 4 aromatic rings. The third-order valence-corrected chi connectivity index (χ3v) is 5.59. The minimum atomic E-state index is -0.381. The van der Waals surface area contributed by atoms with Crippen molar-refractivity contribution in [3.63, 3.8) is 0 Å². The summed E-state index contributed by atoms with van der Waals surface area (Å²) in [5, 5.41) is 13.9. The molecular weight excluding hydrogens is 404 g/mol. The Morgan fingerprint density at radius 3 is 2.62 bits per heavy atom. The molecule has 0 aliphatic carbocycles. The lowest BCUT2D eigenvalue weighted by atomic mass is 10.1. The minimum Gasteiger partial charge on any atom is -0.507 e. The number of aryl methyl sites for hydroxylation is 2. The Morgan fingerprint density at radius 1 is 1.19 bits per heavy atom. The molecule has 0 aliphatic heterocycles. The van der Waals surface area contributed by atoms with Crippen LogP contribution in [0.4, 0.5) is 0 Å². The summed E-state index contributed by atoms with van der Waals surface area (Å²) in [4.78, 5) is 32.9. The Bertz CT molecular complexity index is 1380. The van der Waals surface area contributed by atoms with Gasteiger partial charge in [-0.3, -0.25) is 9.59 Å². The van der Waals surface area contributed by atoms with Gasteiger partial charge in [-0.15, -0.1) is 0 Å². The number of pyridine rings is 2. The van der Waals surface area contributed by atoms with E-state index in [4.69, 9.17) is 0 Å². The summed E-state index contributed by atoms with van der Waals surface area (Å²) in [5.41, 5.74) is 4.04. The first-order chi connectivity index (χ1) is 15.3. The number of H-pyrrole nitrogens is 1. The molecule has 3 aromatic heterocycles. The molecule has 7 nitrogen and oxygen atoms in total. The molecule has 3 N–H and O–H groups in total. The molecule has 0 saturated heterocycles. The average Bonchev–Trinajstić information content (AvgIpc) is 3.16. The van der Waals surface area contributed by atoms with Crippen molar-refractivity contribution in [3.05, 3.63) is 81.5 Å². The van der Waals surface area contributed by atoms with Crippen molar-refractivity contribution in [2.75, 3.05) is 0 Å². The smallest absolute Gasteiger partial charge is 0.270 e. The fourth-order valence-corrected chi connectivity index (χ4v) is 3.96. The SMILES string of the molecule is Cc1cc(C)c(CNC(=O)c2nc(-c3ccccc3O)cc3c2ccn3C(C)C)c(=O)[nH]1. The van der Waals surface area contributed by atoms with Crippen LogP contribution in [-0.4, -0.2) is 25.5 Å². The van der Waals surface area contributed by atoms with Crippen molar-refractivity contribution in [1.82, 2.24) is 19.9 Å². The fourth-order valence-electron chi connectivity index (χ4n) is 3.96. The van der Waals surface area contributed by atoms with Crippen molar-refractivity contribution < 1.29 is 9.90 Å². The molecule has 1 aromatic carbocycles. The van der Waals surface area contributed by atoms with Crippen molar-refractivity contribution in [2.24, 2.45) is 0 Å². The monoisotopic (exact) mass is 430 g/mol. The normalized spacial score (nSPS) is 11.3. The number of aromatic nitrogens is 3. The molecule has 0 aliphatic rings. The number of carbonyl (C=O) groups excluding carboxylic acids is 1. The zero-order valence-electron chi connectivity index (χ0n) is 18.6. The molecule has 0 fully saturated rings. The van der Waals surface area contributed by atoms with Gasteiger partial charge < -0.3 is 20.0 Å². The number of carbonyl (C=O) groups is 1. The number of para-hydroxylation sites is 1. The highest BCUT2D eigenvalue weighted by Gasteiger charge is 2.19. The Labute approximate surface area is 185 Å². The number of fused-ring (bicyclic) bond motifs is 1. The number of hydrogen-bond donors (Lipinski definition) is 3. The standard InChI is InChI=1S/C25H26N4O3/c1-14(2)29-10-9-18-21(29)12-20(17-7-5-6-8-22(17)30)28-23(18)25(32)26-13-19-15(3)11-16(4)27-24(19)31/h5-12,14,30H,13H2,1-4H3,(H,26,32)(H,27,31). The highest BCUT2D eigenvalue weighted by molar-refractivity contribution is 6.06. The van der Waals surface area contributed by atoms with Gasteiger partial charge in [0.2, 0.25) is 0 Å². The van der Waals surface area contributed by atoms with Gasteiger partial charge in [0.25, 0.3) is 11.5 Å². The van der Waals surface area contributed by atoms with Crippen LogP contribution in [-0.2, 0) is 6.54 Å². The number of phenolic OH excluding ortho intramolecular Hbond substituents is 1. The van der Waals surface area contributed by atoms with Crippen molar-refractivity contribution in [2.45, 2.75) is 40.3 Å². The maximum Gasteiger partial charge on any atom is 0.270 e. The molecule has 32 heavy (non-hydrogen) atoms. The molecule has 0 unspecified atom stereocenters. The second-order valence-electron chi connectivity index (χ2n) is 8.25. The van der Waals surface area contributed by atoms with Crippen LogP contribution in [0.5, 0.6) is 5.75 Å². The molecule has 1 amide bonds. The van der Waals surface area contributed by atoms with Gasteiger partial charge in [-0.1, -0.05) is 12.1 Å². The number of aromatic amines is 1. The van der Waals surface area contributed by atoms with Crippen molar-refractivity contribution >= 4 is 16.8 Å². The summed E-state index contributed by atoms with van der Waals surface area (Å²) < 4.78 is 2.06. The molecule has 0 atom stereocenters. The number of phenols is 1. The van der Waals surface area contributed by atoms with Gasteiger partial charge in [0.1, 0.15) is 11.4 Å². The average molecular weight is 431 g/mol. The topological polar surface area (TPSA) is 100 Å². The summed E-state index contributed by atoms with van der Waals surface area (Å²) in [6.45, 7) is 7.88. The highest BCUT2D eigenvalue weighted by atomic mass is 16.3. The van der Waals surface area contributed by atoms with Gasteiger partial charge in [-0.2, -0.15) is 0 Å². The third kappa shape index (κ3) is 3.89. The van der Waals surface area contributed by atoms with Crippen LogP contribution < -0.4 is 10.9 Å². The fraction of sp³-hybridized carbons (Fsp3) is 0.240. The lowest BCUT2D eigenvalue weighted by Gasteiger charge is -2.13. The number of benzene rings is 1. The zero-order valence-corrected chi connectivity index (χ0v) is 18.6. The van der Waals surface area contributed by atoms with Crippen LogP contribution in [0.25, 0.3) is 22.2 Å². The number of nitrogens with one attached hydrogen (secondary N) is 2. The number of nitrogens with zero attached hydrogens (tertiary/aromatic N) is 2. The molecular formula is C25H26N4O3. The maximum atomic E-state index is 13.2. The Hall–Kier alpha value is -3.87. The summed E-state index contributed by atoms with van der Waals surface area (Å²) in [5.74, 6) is -0.289. The van der Waals surface area contributed by atoms with Crippen LogP contribution in [0.3, 0.4) is 0 Å². The molecule has 0 spiro atoms. The van der Waals surface area contributed by atoms with Gasteiger partial charge in [0, 0.05) is 41.0 Å². The van der Waals surface area contributed by atoms with Gasteiger partial charge >= 0.3 is 0 Å². The summed E-state index contributed by atoms with van der Waals surface area (Å²) >= 11 is 0. The zero-order chi connectivity index (χ0) is 23.0. The van der Waals surface area contributed by atoms with E-state index in [0.29, 0.717) is 22.2 Å². The van der Waals surface area contributed by atoms with Gasteiger partial charge in [0.15, 0.2) is 0 Å². The van der Waals surface area contributed by atoms with E-state index in [-0.39, 0.29) is 35.5 Å². The molecule has 3 heterocycles. The van der Waals surface area contributed by atoms with Crippen LogP contribution >= 0.6 is 0 Å². The lowest BCUT2D eigenvalue weighted by Crippen LogP contribution is -2.28. The maximum absolute atomic E-state index is 13.2. The van der Waals surface area contributed by atoms with Crippen LogP contribution in [0, 0.1) is 13.8 Å². The molecule has 0 bridgehead atoms. The number of amides is 1. The first-order valence-electron chi connectivity index (χ1n) is 10.5. The molecule has 164 valence electrons. The molecule has 4 rings (SSSR count). The van der Waals surface area contributed by atoms with E-state index in [2.05, 4.69) is 33.7 Å². The molecule has 7 heteroatoms. The highest BCUT2D eigenvalue weighted by Crippen LogP contribution is 2.32. The number of rotatable bonds is 5. The van der Waals surface area contributed by atoms with Crippen molar-refractivity contribution in [1.29, 1.82) is 0 Å². The predicted molar refractivity (Wildman–Crippen MR) is 125 cm³/mol. The number of hydrogen-bond acceptors (Lipinski definition) is 4. The van der Waals surface area contributed by atoms with Gasteiger partial charge in [0.05, 0.1) is 11.2 Å². The number of aromatic hydroxyl groups is 1. The van der Waals surface area contributed by atoms with E-state index in [1.54, 1.807) is 18.2 Å². The van der Waals surface area contributed by atoms with Gasteiger partial charge in [-0.25, -0.2) is 4.98 Å². The van der Waals surface area contributed by atoms with E-state index < -0.39 is 0 Å². The third-order valence-electron chi connectivity index (χ3n) is 5.59. The summed E-state index contributed by atoms with van der Waals surface area (Å²) in [7, 11) is 0. The van der Waals surface area contributed by atoms with E-state index >= 15 is 0 Å². The Morgan fingerprint density at radius 2 is 1.94 bits per heavy atom. The first kappa shape index (κ1) is 21.4. The second-order valence-corrected chi connectivity index (χ2v) is 8.25. The van der Waals surface area contributed by atoms with E-state index in [1.807, 2.05) is 44.3 Å². The Balaban J connectivity index is 1.78. The lowest BCUT2D eigenvalue weighted by molar-refractivity contribution is 0.0947. The van der Waals surface area contributed by atoms with Gasteiger partial charge in [-0.05, 0) is 63.6 Å². The second kappa shape index (κ2) is 8.34. The van der Waals surface area contributed by atoms with Crippen LogP contribution in [0.2, 0.25) is 0 Å². The van der Waals surface area contributed by atoms with Crippen LogP contribution in [0.1, 0.15) is 47.2 Å². The predicted octanol–water partition coefficient (Wildman–Crippen LogP) is 4.22. The quantitative estimate of drug-likeness (QED) is 0.441. The summed E-state index contributed by atoms with van der Waals surface area (Å²) in [6, 6.07) is 12.7. The van der Waals surface area contributed by atoms with E-state index in [9.17, 15) is 14.7 Å². The molecule has 0 radical (unpaired) electrons. The van der Waals surface area contributed by atoms with Crippen LogP contribution in [0.15, 0.2) is 53.5 Å². The van der Waals surface area contributed by atoms with E-state index in [1.165, 1.54) is 0 Å². The Kier molecular flexibility index (Phi) is 5.57.